The predicted molar refractivity (Wildman–Crippen MR) is 83.2 cm³/mol. The Morgan fingerprint density at radius 1 is 1.24 bits per heavy atom. The van der Waals surface area contributed by atoms with Crippen LogP contribution < -0.4 is 5.32 Å². The second-order valence-electron chi connectivity index (χ2n) is 6.14. The SMILES string of the molecule is c1cc(NC2CCN3CCCC3C2)cc(-c2cnco2)c1. The highest BCUT2D eigenvalue weighted by Gasteiger charge is 2.31. The summed E-state index contributed by atoms with van der Waals surface area (Å²) in [7, 11) is 0. The van der Waals surface area contributed by atoms with E-state index in [9.17, 15) is 0 Å². The smallest absolute Gasteiger partial charge is 0.181 e. The lowest BCUT2D eigenvalue weighted by Gasteiger charge is -2.35. The van der Waals surface area contributed by atoms with E-state index in [2.05, 4.69) is 39.5 Å². The molecule has 2 atom stereocenters. The molecule has 0 spiro atoms. The molecule has 2 aromatic rings. The second kappa shape index (κ2) is 5.53. The number of nitrogens with one attached hydrogen (secondary N) is 1. The van der Waals surface area contributed by atoms with E-state index in [0.29, 0.717) is 6.04 Å². The summed E-state index contributed by atoms with van der Waals surface area (Å²) in [6, 6.07) is 9.82. The zero-order valence-electron chi connectivity index (χ0n) is 12.2. The zero-order chi connectivity index (χ0) is 14.1. The average molecular weight is 283 g/mol. The van der Waals surface area contributed by atoms with Crippen LogP contribution in [0.25, 0.3) is 11.3 Å². The third kappa shape index (κ3) is 2.68. The monoisotopic (exact) mass is 283 g/mol. The molecule has 4 heteroatoms. The number of benzene rings is 1. The Hall–Kier alpha value is -1.81. The van der Waals surface area contributed by atoms with Crippen molar-refractivity contribution in [3.8, 4) is 11.3 Å². The first-order chi connectivity index (χ1) is 10.4. The van der Waals surface area contributed by atoms with Gasteiger partial charge in [0.2, 0.25) is 0 Å². The van der Waals surface area contributed by atoms with E-state index < -0.39 is 0 Å². The minimum Gasteiger partial charge on any atom is -0.444 e. The van der Waals surface area contributed by atoms with Crippen molar-refractivity contribution in [3.63, 3.8) is 0 Å². The van der Waals surface area contributed by atoms with Gasteiger partial charge >= 0.3 is 0 Å². The second-order valence-corrected chi connectivity index (χ2v) is 6.14. The van der Waals surface area contributed by atoms with Crippen LogP contribution in [0.2, 0.25) is 0 Å². The van der Waals surface area contributed by atoms with Crippen LogP contribution in [-0.2, 0) is 0 Å². The van der Waals surface area contributed by atoms with Gasteiger partial charge in [-0.25, -0.2) is 4.98 Å². The molecular weight excluding hydrogens is 262 g/mol. The quantitative estimate of drug-likeness (QED) is 0.937. The average Bonchev–Trinajstić information content (AvgIpc) is 3.18. The number of hydrogen-bond acceptors (Lipinski definition) is 4. The molecule has 2 fully saturated rings. The molecule has 1 N–H and O–H groups in total. The van der Waals surface area contributed by atoms with Crippen molar-refractivity contribution >= 4 is 5.69 Å². The highest BCUT2D eigenvalue weighted by atomic mass is 16.3. The molecule has 3 heterocycles. The molecule has 1 aromatic heterocycles. The van der Waals surface area contributed by atoms with Gasteiger partial charge in [-0.15, -0.1) is 0 Å². The molecule has 1 aromatic carbocycles. The van der Waals surface area contributed by atoms with E-state index >= 15 is 0 Å². The molecule has 0 radical (unpaired) electrons. The summed E-state index contributed by atoms with van der Waals surface area (Å²) in [5.41, 5.74) is 2.26. The van der Waals surface area contributed by atoms with Gasteiger partial charge in [0, 0.05) is 29.9 Å². The number of rotatable bonds is 3. The van der Waals surface area contributed by atoms with Gasteiger partial charge in [-0.3, -0.25) is 0 Å². The van der Waals surface area contributed by atoms with Crippen molar-refractivity contribution in [2.24, 2.45) is 0 Å². The van der Waals surface area contributed by atoms with Gasteiger partial charge in [-0.2, -0.15) is 0 Å². The summed E-state index contributed by atoms with van der Waals surface area (Å²) in [5.74, 6) is 0.823. The Labute approximate surface area is 125 Å². The number of oxazole rings is 1. The van der Waals surface area contributed by atoms with Gasteiger partial charge in [-0.1, -0.05) is 12.1 Å². The summed E-state index contributed by atoms with van der Waals surface area (Å²) >= 11 is 0. The van der Waals surface area contributed by atoms with E-state index in [1.54, 1.807) is 6.20 Å². The topological polar surface area (TPSA) is 41.3 Å². The van der Waals surface area contributed by atoms with Crippen LogP contribution in [-0.4, -0.2) is 35.1 Å². The number of piperidine rings is 1. The summed E-state index contributed by atoms with van der Waals surface area (Å²) < 4.78 is 5.38. The van der Waals surface area contributed by atoms with E-state index in [0.717, 1.165) is 17.4 Å². The summed E-state index contributed by atoms with van der Waals surface area (Å²) in [6.07, 6.45) is 8.49. The van der Waals surface area contributed by atoms with Crippen LogP contribution in [0.15, 0.2) is 41.3 Å². The van der Waals surface area contributed by atoms with Crippen LogP contribution in [0.4, 0.5) is 5.69 Å². The van der Waals surface area contributed by atoms with Gasteiger partial charge < -0.3 is 14.6 Å². The van der Waals surface area contributed by atoms with E-state index in [1.807, 2.05) is 0 Å². The number of nitrogens with zero attached hydrogens (tertiary/aromatic N) is 2. The van der Waals surface area contributed by atoms with Gasteiger partial charge in [0.05, 0.1) is 6.20 Å². The third-order valence-corrected chi connectivity index (χ3v) is 4.77. The molecule has 4 nitrogen and oxygen atoms in total. The Balaban J connectivity index is 1.46. The molecule has 0 saturated carbocycles. The van der Waals surface area contributed by atoms with Crippen molar-refractivity contribution in [1.82, 2.24) is 9.88 Å². The minimum atomic E-state index is 0.592. The minimum absolute atomic E-state index is 0.592. The summed E-state index contributed by atoms with van der Waals surface area (Å²) in [4.78, 5) is 6.64. The van der Waals surface area contributed by atoms with Crippen LogP contribution in [0, 0.1) is 0 Å². The molecule has 0 aliphatic carbocycles. The number of fused-ring (bicyclic) bond motifs is 1. The third-order valence-electron chi connectivity index (χ3n) is 4.77. The summed E-state index contributed by atoms with van der Waals surface area (Å²) in [6.45, 7) is 2.54. The maximum Gasteiger partial charge on any atom is 0.181 e. The van der Waals surface area contributed by atoms with Crippen LogP contribution in [0.5, 0.6) is 0 Å². The lowest BCUT2D eigenvalue weighted by atomic mass is 9.97. The molecule has 2 aliphatic heterocycles. The number of aromatic nitrogens is 1. The van der Waals surface area contributed by atoms with Gasteiger partial charge in [0.15, 0.2) is 12.2 Å². The first kappa shape index (κ1) is 12.9. The standard InChI is InChI=1S/C17H21N3O/c1-3-13(17-11-18-12-21-17)9-14(4-1)19-15-6-8-20-7-2-5-16(20)10-15/h1,3-4,9,11-12,15-16,19H,2,5-8,10H2. The molecule has 2 aliphatic rings. The first-order valence-electron chi connectivity index (χ1n) is 7.88. The van der Waals surface area contributed by atoms with Gasteiger partial charge in [0.1, 0.15) is 0 Å². The Bertz CT molecular complexity index is 596. The molecule has 4 rings (SSSR count). The Kier molecular flexibility index (Phi) is 3.39. The Morgan fingerprint density at radius 3 is 3.14 bits per heavy atom. The van der Waals surface area contributed by atoms with Crippen LogP contribution in [0.1, 0.15) is 25.7 Å². The first-order valence-corrected chi connectivity index (χ1v) is 7.88. The van der Waals surface area contributed by atoms with E-state index in [-0.39, 0.29) is 0 Å². The van der Waals surface area contributed by atoms with Gasteiger partial charge in [0.25, 0.3) is 0 Å². The highest BCUT2D eigenvalue weighted by molar-refractivity contribution is 5.63. The zero-order valence-corrected chi connectivity index (χ0v) is 12.2. The number of hydrogen-bond donors (Lipinski definition) is 1. The highest BCUT2D eigenvalue weighted by Crippen LogP contribution is 2.29. The molecule has 2 saturated heterocycles. The van der Waals surface area contributed by atoms with Crippen molar-refractivity contribution in [2.45, 2.75) is 37.8 Å². The van der Waals surface area contributed by atoms with Gasteiger partial charge in [-0.05, 0) is 44.4 Å². The van der Waals surface area contributed by atoms with E-state index in [1.165, 1.54) is 50.9 Å². The lowest BCUT2D eigenvalue weighted by molar-refractivity contribution is 0.188. The molecule has 0 bridgehead atoms. The Morgan fingerprint density at radius 2 is 2.24 bits per heavy atom. The van der Waals surface area contributed by atoms with Crippen molar-refractivity contribution in [3.05, 3.63) is 36.9 Å². The largest absolute Gasteiger partial charge is 0.444 e. The maximum atomic E-state index is 5.38. The molecular formula is C17H21N3O. The maximum absolute atomic E-state index is 5.38. The molecule has 0 amide bonds. The predicted octanol–water partition coefficient (Wildman–Crippen LogP) is 3.38. The van der Waals surface area contributed by atoms with E-state index in [4.69, 9.17) is 4.42 Å². The van der Waals surface area contributed by atoms with Crippen molar-refractivity contribution in [2.75, 3.05) is 18.4 Å². The number of anilines is 1. The van der Waals surface area contributed by atoms with Crippen LogP contribution >= 0.6 is 0 Å². The summed E-state index contributed by atoms with van der Waals surface area (Å²) in [5, 5.41) is 3.71. The normalized spacial score (nSPS) is 25.7. The fourth-order valence-corrected chi connectivity index (χ4v) is 3.71. The fraction of sp³-hybridized carbons (Fsp3) is 0.471. The molecule has 21 heavy (non-hydrogen) atoms. The van der Waals surface area contributed by atoms with Crippen molar-refractivity contribution < 1.29 is 4.42 Å². The fourth-order valence-electron chi connectivity index (χ4n) is 3.71. The molecule has 110 valence electrons. The lowest BCUT2D eigenvalue weighted by Crippen LogP contribution is -2.42. The molecule has 2 unspecified atom stereocenters. The van der Waals surface area contributed by atoms with Crippen molar-refractivity contribution in [1.29, 1.82) is 0 Å². The van der Waals surface area contributed by atoms with Crippen LogP contribution in [0.3, 0.4) is 0 Å².